The number of allylic oxidation sites excluding steroid dienone is 2. The minimum absolute atomic E-state index is 0.0371. The lowest BCUT2D eigenvalue weighted by molar-refractivity contribution is 0.542. The first-order valence-electron chi connectivity index (χ1n) is 8.83. The molecule has 0 radical (unpaired) electrons. The van der Waals surface area contributed by atoms with Crippen molar-refractivity contribution in [2.24, 2.45) is 0 Å². The van der Waals surface area contributed by atoms with E-state index in [-0.39, 0.29) is 5.54 Å². The third-order valence-corrected chi connectivity index (χ3v) is 4.57. The number of benzene rings is 1. The van der Waals surface area contributed by atoms with Crippen molar-refractivity contribution >= 4 is 23.5 Å². The van der Waals surface area contributed by atoms with Gasteiger partial charge in [-0.25, -0.2) is 4.98 Å². The van der Waals surface area contributed by atoms with Gasteiger partial charge in [0, 0.05) is 28.6 Å². The molecule has 1 aromatic carbocycles. The van der Waals surface area contributed by atoms with E-state index in [1.807, 2.05) is 13.1 Å². The quantitative estimate of drug-likeness (QED) is 0.783. The number of hydrogen-bond acceptors (Lipinski definition) is 4. The first kappa shape index (κ1) is 17.2. The Kier molecular flexibility index (Phi) is 4.88. The zero-order chi connectivity index (χ0) is 17.9. The van der Waals surface area contributed by atoms with Crippen LogP contribution in [-0.4, -0.2) is 15.5 Å². The molecule has 0 fully saturated rings. The lowest BCUT2D eigenvalue weighted by atomic mass is 10.0. The number of fused-ring (bicyclic) bond motifs is 1. The second kappa shape index (κ2) is 7.09. The average molecular weight is 334 g/mol. The number of anilines is 2. The minimum atomic E-state index is -0.0371. The number of aryl methyl sites for hydroxylation is 1. The van der Waals surface area contributed by atoms with Gasteiger partial charge in [-0.1, -0.05) is 49.4 Å². The Morgan fingerprint density at radius 2 is 2.00 bits per heavy atom. The van der Waals surface area contributed by atoms with Gasteiger partial charge in [0.15, 0.2) is 0 Å². The van der Waals surface area contributed by atoms with Gasteiger partial charge in [-0.3, -0.25) is 0 Å². The normalized spacial score (nSPS) is 13.7. The highest BCUT2D eigenvalue weighted by atomic mass is 15.2. The van der Waals surface area contributed by atoms with Crippen LogP contribution >= 0.6 is 0 Å². The maximum Gasteiger partial charge on any atom is 0.225 e. The molecule has 1 aliphatic carbocycles. The highest BCUT2D eigenvalue weighted by molar-refractivity contribution is 5.82. The topological polar surface area (TPSA) is 49.8 Å². The summed E-state index contributed by atoms with van der Waals surface area (Å²) in [6.45, 7) is 8.48. The molecule has 1 heterocycles. The summed E-state index contributed by atoms with van der Waals surface area (Å²) in [5.74, 6) is 1.49. The fourth-order valence-corrected chi connectivity index (χ4v) is 2.64. The zero-order valence-corrected chi connectivity index (χ0v) is 15.4. The molecule has 0 bridgehead atoms. The fourth-order valence-electron chi connectivity index (χ4n) is 2.64. The summed E-state index contributed by atoms with van der Waals surface area (Å²) >= 11 is 0. The van der Waals surface area contributed by atoms with Gasteiger partial charge in [-0.15, -0.1) is 0 Å². The molecule has 3 rings (SSSR count). The van der Waals surface area contributed by atoms with E-state index in [2.05, 4.69) is 78.9 Å². The highest BCUT2D eigenvalue weighted by Gasteiger charge is 2.17. The number of rotatable bonds is 5. The molecule has 130 valence electrons. The summed E-state index contributed by atoms with van der Waals surface area (Å²) in [7, 11) is 0. The van der Waals surface area contributed by atoms with E-state index in [4.69, 9.17) is 4.98 Å². The van der Waals surface area contributed by atoms with E-state index < -0.39 is 0 Å². The van der Waals surface area contributed by atoms with Gasteiger partial charge in [0.25, 0.3) is 0 Å². The Morgan fingerprint density at radius 1 is 1.20 bits per heavy atom. The number of aromatic nitrogens is 2. The summed E-state index contributed by atoms with van der Waals surface area (Å²) in [5.41, 5.74) is 4.48. The van der Waals surface area contributed by atoms with Crippen LogP contribution in [-0.2, 0) is 0 Å². The molecule has 1 aromatic heterocycles. The van der Waals surface area contributed by atoms with Crippen LogP contribution in [0.2, 0.25) is 0 Å². The highest BCUT2D eigenvalue weighted by Crippen LogP contribution is 2.27. The Bertz CT molecular complexity index is 818. The van der Waals surface area contributed by atoms with E-state index in [9.17, 15) is 0 Å². The van der Waals surface area contributed by atoms with Crippen molar-refractivity contribution in [2.75, 3.05) is 10.6 Å². The molecular weight excluding hydrogens is 308 g/mol. The molecule has 0 unspecified atom stereocenters. The molecule has 0 saturated heterocycles. The van der Waals surface area contributed by atoms with Gasteiger partial charge in [0.2, 0.25) is 5.95 Å². The fraction of sp³-hybridized carbons (Fsp3) is 0.333. The van der Waals surface area contributed by atoms with Crippen molar-refractivity contribution in [1.29, 1.82) is 0 Å². The van der Waals surface area contributed by atoms with Crippen LogP contribution in [0.25, 0.3) is 11.8 Å². The molecule has 2 N–H and O–H groups in total. The van der Waals surface area contributed by atoms with Gasteiger partial charge < -0.3 is 10.6 Å². The second-order valence-electron chi connectivity index (χ2n) is 7.06. The number of nitrogens with one attached hydrogen (secondary N) is 2. The first-order chi connectivity index (χ1) is 12.0. The van der Waals surface area contributed by atoms with Crippen LogP contribution in [0.5, 0.6) is 0 Å². The van der Waals surface area contributed by atoms with Gasteiger partial charge in [-0.05, 0) is 39.2 Å². The molecule has 0 spiro atoms. The molecule has 0 amide bonds. The van der Waals surface area contributed by atoms with Crippen LogP contribution in [0.1, 0.15) is 50.3 Å². The summed E-state index contributed by atoms with van der Waals surface area (Å²) in [6, 6.07) is 8.41. The predicted molar refractivity (Wildman–Crippen MR) is 106 cm³/mol. The number of nitrogens with zero attached hydrogens (tertiary/aromatic N) is 2. The SMILES string of the molecule is CCC(C)(C)Nc1ncc(C)c(NC2=CCC=Cc3ccccc32)n1. The largest absolute Gasteiger partial charge is 0.349 e. The lowest BCUT2D eigenvalue weighted by Gasteiger charge is -2.25. The van der Waals surface area contributed by atoms with Crippen molar-refractivity contribution in [1.82, 2.24) is 9.97 Å². The zero-order valence-electron chi connectivity index (χ0n) is 15.4. The maximum atomic E-state index is 4.71. The van der Waals surface area contributed by atoms with Gasteiger partial charge >= 0.3 is 0 Å². The molecule has 2 aromatic rings. The van der Waals surface area contributed by atoms with E-state index in [0.717, 1.165) is 29.9 Å². The Labute approximate surface area is 150 Å². The van der Waals surface area contributed by atoms with Crippen molar-refractivity contribution < 1.29 is 0 Å². The van der Waals surface area contributed by atoms with Gasteiger partial charge in [0.05, 0.1) is 0 Å². The maximum absolute atomic E-state index is 4.71. The summed E-state index contributed by atoms with van der Waals surface area (Å²) < 4.78 is 0. The molecule has 4 heteroatoms. The van der Waals surface area contributed by atoms with Crippen LogP contribution in [0.15, 0.2) is 42.6 Å². The lowest BCUT2D eigenvalue weighted by Crippen LogP contribution is -2.30. The third-order valence-electron chi connectivity index (χ3n) is 4.57. The average Bonchev–Trinajstić information content (AvgIpc) is 2.80. The smallest absolute Gasteiger partial charge is 0.225 e. The van der Waals surface area contributed by atoms with E-state index in [0.29, 0.717) is 5.95 Å². The Balaban J connectivity index is 1.90. The van der Waals surface area contributed by atoms with E-state index >= 15 is 0 Å². The monoisotopic (exact) mass is 334 g/mol. The summed E-state index contributed by atoms with van der Waals surface area (Å²) in [6.07, 6.45) is 10.3. The molecule has 4 nitrogen and oxygen atoms in total. The molecular formula is C21H26N4. The van der Waals surface area contributed by atoms with Crippen LogP contribution in [0, 0.1) is 6.92 Å². The van der Waals surface area contributed by atoms with Crippen LogP contribution in [0.3, 0.4) is 0 Å². The van der Waals surface area contributed by atoms with Crippen LogP contribution in [0.4, 0.5) is 11.8 Å². The van der Waals surface area contributed by atoms with Crippen molar-refractivity contribution in [3.05, 3.63) is 59.3 Å². The van der Waals surface area contributed by atoms with E-state index in [1.54, 1.807) is 0 Å². The molecule has 0 saturated carbocycles. The Morgan fingerprint density at radius 3 is 2.80 bits per heavy atom. The van der Waals surface area contributed by atoms with Crippen molar-refractivity contribution in [2.45, 2.75) is 46.1 Å². The van der Waals surface area contributed by atoms with Gasteiger partial charge in [-0.2, -0.15) is 4.98 Å². The number of hydrogen-bond donors (Lipinski definition) is 2. The van der Waals surface area contributed by atoms with Crippen molar-refractivity contribution in [3.8, 4) is 0 Å². The van der Waals surface area contributed by atoms with Crippen LogP contribution < -0.4 is 10.6 Å². The molecule has 25 heavy (non-hydrogen) atoms. The molecule has 0 aliphatic heterocycles. The minimum Gasteiger partial charge on any atom is -0.349 e. The van der Waals surface area contributed by atoms with Crippen molar-refractivity contribution in [3.63, 3.8) is 0 Å². The predicted octanol–water partition coefficient (Wildman–Crippen LogP) is 5.26. The molecule has 1 aliphatic rings. The second-order valence-corrected chi connectivity index (χ2v) is 7.06. The summed E-state index contributed by atoms with van der Waals surface area (Å²) in [5, 5.41) is 6.93. The third kappa shape index (κ3) is 4.08. The van der Waals surface area contributed by atoms with Gasteiger partial charge in [0.1, 0.15) is 5.82 Å². The first-order valence-corrected chi connectivity index (χ1v) is 8.83. The standard InChI is InChI=1S/C21H26N4/c1-5-21(3,4)25-20-22-14-15(2)19(24-20)23-18-13-9-7-11-16-10-6-8-12-17(16)18/h6-8,10-14H,5,9H2,1-4H3,(H2,22,23,24,25). The molecule has 0 atom stereocenters. The Hall–Kier alpha value is -2.62. The van der Waals surface area contributed by atoms with E-state index in [1.165, 1.54) is 11.1 Å². The summed E-state index contributed by atoms with van der Waals surface area (Å²) in [4.78, 5) is 9.14.